The topological polar surface area (TPSA) is 74.8 Å². The van der Waals surface area contributed by atoms with Gasteiger partial charge in [0.2, 0.25) is 0 Å². The number of rotatable bonds is 0. The Hall–Kier alpha value is -2.66. The number of anilines is 1. The molecule has 0 spiro atoms. The third kappa shape index (κ3) is 2.71. The van der Waals surface area contributed by atoms with Crippen molar-refractivity contribution in [3.05, 3.63) is 58.9 Å². The summed E-state index contributed by atoms with van der Waals surface area (Å²) in [6.07, 6.45) is 0. The molecule has 1 aliphatic rings. The molecule has 1 aromatic heterocycles. The molecule has 0 atom stereocenters. The number of aromatic amines is 1. The molecule has 2 aromatic carbocycles. The number of hydrogen-bond acceptors (Lipinski definition) is 3. The summed E-state index contributed by atoms with van der Waals surface area (Å²) in [6, 6.07) is 12.7. The number of carbonyl (C=O) groups is 2. The molecule has 2 heterocycles. The normalized spacial score (nSPS) is 12.6. The largest absolute Gasteiger partial charge is 0.342 e. The summed E-state index contributed by atoms with van der Waals surface area (Å²) in [5.41, 5.74) is 3.04. The first-order chi connectivity index (χ1) is 10.5. The minimum absolute atomic E-state index is 0.393. The Bertz CT molecular complexity index is 853. The van der Waals surface area contributed by atoms with Crippen LogP contribution in [0, 0.1) is 6.92 Å². The minimum Gasteiger partial charge on any atom is -0.342 e. The number of nitrogens with one attached hydrogen (secondary N) is 2. The number of para-hydroxylation sites is 2. The molecule has 1 aliphatic heterocycles. The maximum absolute atomic E-state index is 11.1. The van der Waals surface area contributed by atoms with Gasteiger partial charge in [-0.15, -0.1) is 0 Å². The van der Waals surface area contributed by atoms with E-state index in [9.17, 15) is 9.59 Å². The van der Waals surface area contributed by atoms with Gasteiger partial charge in [0, 0.05) is 5.02 Å². The van der Waals surface area contributed by atoms with E-state index in [1.54, 1.807) is 12.1 Å². The summed E-state index contributed by atoms with van der Waals surface area (Å²) in [4.78, 5) is 29.3. The summed E-state index contributed by atoms with van der Waals surface area (Å²) in [7, 11) is 0. The number of fused-ring (bicyclic) bond motifs is 2. The Labute approximate surface area is 131 Å². The molecular formula is C16H12ClN3O2. The second-order valence-electron chi connectivity index (χ2n) is 4.81. The second-order valence-corrected chi connectivity index (χ2v) is 5.25. The number of nitrogens with zero attached hydrogens (tertiary/aromatic N) is 1. The van der Waals surface area contributed by atoms with Gasteiger partial charge in [0.05, 0.1) is 22.3 Å². The van der Waals surface area contributed by atoms with Crippen molar-refractivity contribution >= 4 is 40.0 Å². The van der Waals surface area contributed by atoms with Crippen molar-refractivity contribution < 1.29 is 9.59 Å². The van der Waals surface area contributed by atoms with E-state index in [2.05, 4.69) is 15.3 Å². The van der Waals surface area contributed by atoms with Crippen LogP contribution in [-0.4, -0.2) is 21.7 Å². The van der Waals surface area contributed by atoms with Crippen LogP contribution in [0.25, 0.3) is 11.0 Å². The van der Waals surface area contributed by atoms with Gasteiger partial charge in [-0.3, -0.25) is 9.59 Å². The highest BCUT2D eigenvalue weighted by atomic mass is 35.5. The second kappa shape index (κ2) is 5.61. The SMILES string of the molecule is Cc1nc2ccccc2[nH]1.O=C1Nc2cc(Cl)ccc2C1=O. The first-order valence-electron chi connectivity index (χ1n) is 6.61. The maximum atomic E-state index is 11.1. The molecule has 22 heavy (non-hydrogen) atoms. The zero-order valence-corrected chi connectivity index (χ0v) is 12.4. The fourth-order valence-electron chi connectivity index (χ4n) is 2.20. The average Bonchev–Trinajstić information content (AvgIpc) is 2.99. The van der Waals surface area contributed by atoms with Crippen LogP contribution in [-0.2, 0) is 4.79 Å². The summed E-state index contributed by atoms with van der Waals surface area (Å²) in [6.45, 7) is 1.96. The van der Waals surface area contributed by atoms with Crippen LogP contribution in [0.1, 0.15) is 16.2 Å². The predicted octanol–water partition coefficient (Wildman–Crippen LogP) is 3.35. The van der Waals surface area contributed by atoms with Gasteiger partial charge in [0.15, 0.2) is 0 Å². The first kappa shape index (κ1) is 14.3. The summed E-state index contributed by atoms with van der Waals surface area (Å²) < 4.78 is 0. The van der Waals surface area contributed by atoms with E-state index in [1.165, 1.54) is 6.07 Å². The molecule has 3 aromatic rings. The summed E-state index contributed by atoms with van der Waals surface area (Å²) in [5, 5.41) is 2.92. The predicted molar refractivity (Wildman–Crippen MR) is 85.2 cm³/mol. The highest BCUT2D eigenvalue weighted by Crippen LogP contribution is 2.25. The van der Waals surface area contributed by atoms with Gasteiger partial charge in [0.1, 0.15) is 5.82 Å². The van der Waals surface area contributed by atoms with Gasteiger partial charge < -0.3 is 10.3 Å². The lowest BCUT2D eigenvalue weighted by molar-refractivity contribution is -0.112. The lowest BCUT2D eigenvalue weighted by Crippen LogP contribution is -2.12. The summed E-state index contributed by atoms with van der Waals surface area (Å²) in [5.74, 6) is -0.116. The third-order valence-electron chi connectivity index (χ3n) is 3.19. The molecule has 0 fully saturated rings. The van der Waals surface area contributed by atoms with E-state index in [4.69, 9.17) is 11.6 Å². The smallest absolute Gasteiger partial charge is 0.296 e. The quantitative estimate of drug-likeness (QED) is 0.625. The molecular weight excluding hydrogens is 302 g/mol. The number of imidazole rings is 1. The Balaban J connectivity index is 0.000000133. The van der Waals surface area contributed by atoms with Gasteiger partial charge in [-0.05, 0) is 37.3 Å². The average molecular weight is 314 g/mol. The van der Waals surface area contributed by atoms with E-state index >= 15 is 0 Å². The van der Waals surface area contributed by atoms with Crippen LogP contribution in [0.4, 0.5) is 5.69 Å². The molecule has 2 N–H and O–H groups in total. The molecule has 4 rings (SSSR count). The molecule has 0 radical (unpaired) electrons. The van der Waals surface area contributed by atoms with Crippen LogP contribution in [0.15, 0.2) is 42.5 Å². The fraction of sp³-hybridized carbons (Fsp3) is 0.0625. The van der Waals surface area contributed by atoms with Crippen molar-refractivity contribution in [3.63, 3.8) is 0 Å². The Morgan fingerprint density at radius 2 is 1.86 bits per heavy atom. The van der Waals surface area contributed by atoms with Crippen LogP contribution < -0.4 is 5.32 Å². The Morgan fingerprint density at radius 1 is 1.09 bits per heavy atom. The zero-order chi connectivity index (χ0) is 15.7. The van der Waals surface area contributed by atoms with Crippen molar-refractivity contribution in [2.24, 2.45) is 0 Å². The van der Waals surface area contributed by atoms with Gasteiger partial charge in [0.25, 0.3) is 11.7 Å². The number of aromatic nitrogens is 2. The Kier molecular flexibility index (Phi) is 3.65. The lowest BCUT2D eigenvalue weighted by atomic mass is 10.1. The number of aryl methyl sites for hydroxylation is 1. The van der Waals surface area contributed by atoms with E-state index in [-0.39, 0.29) is 0 Å². The van der Waals surface area contributed by atoms with Crippen LogP contribution in [0.5, 0.6) is 0 Å². The van der Waals surface area contributed by atoms with Crippen molar-refractivity contribution in [2.45, 2.75) is 6.92 Å². The molecule has 6 heteroatoms. The number of halogens is 1. The van der Waals surface area contributed by atoms with E-state index in [0.717, 1.165) is 16.9 Å². The van der Waals surface area contributed by atoms with E-state index < -0.39 is 11.7 Å². The maximum Gasteiger partial charge on any atom is 0.296 e. The zero-order valence-electron chi connectivity index (χ0n) is 11.7. The number of amides is 1. The number of ketones is 1. The molecule has 1 amide bonds. The standard InChI is InChI=1S/C8H4ClNO2.C8H8N2/c9-4-1-2-5-6(3-4)10-8(12)7(5)11;1-6-9-7-4-2-3-5-8(7)10-6/h1-3H,(H,10,11,12);2-5H,1H3,(H,9,10). The molecule has 0 aliphatic carbocycles. The number of H-pyrrole nitrogens is 1. The van der Waals surface area contributed by atoms with Gasteiger partial charge in [-0.25, -0.2) is 4.98 Å². The van der Waals surface area contributed by atoms with Gasteiger partial charge in [-0.1, -0.05) is 23.7 Å². The van der Waals surface area contributed by atoms with Crippen molar-refractivity contribution in [2.75, 3.05) is 5.32 Å². The molecule has 0 saturated carbocycles. The number of carbonyl (C=O) groups excluding carboxylic acids is 2. The van der Waals surface area contributed by atoms with Gasteiger partial charge >= 0.3 is 0 Å². The Morgan fingerprint density at radius 3 is 2.64 bits per heavy atom. The van der Waals surface area contributed by atoms with Crippen molar-refractivity contribution in [1.82, 2.24) is 9.97 Å². The molecule has 0 bridgehead atoms. The molecule has 110 valence electrons. The van der Waals surface area contributed by atoms with Gasteiger partial charge in [-0.2, -0.15) is 0 Å². The van der Waals surface area contributed by atoms with Crippen molar-refractivity contribution in [1.29, 1.82) is 0 Å². The number of Topliss-reactive ketones (excluding diaryl/α,β-unsaturated/α-hetero) is 1. The molecule has 0 unspecified atom stereocenters. The highest BCUT2D eigenvalue weighted by Gasteiger charge is 2.27. The van der Waals surface area contributed by atoms with Crippen LogP contribution in [0.2, 0.25) is 5.02 Å². The number of hydrogen-bond donors (Lipinski definition) is 2. The molecule has 5 nitrogen and oxygen atoms in total. The fourth-order valence-corrected chi connectivity index (χ4v) is 2.37. The summed E-state index contributed by atoms with van der Waals surface area (Å²) >= 11 is 5.66. The van der Waals surface area contributed by atoms with E-state index in [1.807, 2.05) is 31.2 Å². The van der Waals surface area contributed by atoms with Crippen LogP contribution in [0.3, 0.4) is 0 Å². The van der Waals surface area contributed by atoms with E-state index in [0.29, 0.717) is 16.3 Å². The lowest BCUT2D eigenvalue weighted by Gasteiger charge is -1.95. The minimum atomic E-state index is -0.590. The highest BCUT2D eigenvalue weighted by molar-refractivity contribution is 6.51. The number of benzene rings is 2. The first-order valence-corrected chi connectivity index (χ1v) is 6.99. The van der Waals surface area contributed by atoms with Crippen molar-refractivity contribution in [3.8, 4) is 0 Å². The van der Waals surface area contributed by atoms with Crippen LogP contribution >= 0.6 is 11.6 Å². The monoisotopic (exact) mass is 313 g/mol. The molecule has 0 saturated heterocycles. The third-order valence-corrected chi connectivity index (χ3v) is 3.42.